The van der Waals surface area contributed by atoms with Crippen LogP contribution in [0.25, 0.3) is 0 Å². The number of carbonyl (C=O) groups is 1. The molecule has 0 spiro atoms. The molecule has 9 heteroatoms. The number of likely N-dealkylation sites (tertiary alicyclic amines) is 1. The first-order valence-corrected chi connectivity index (χ1v) is 11.5. The Labute approximate surface area is 184 Å². The minimum Gasteiger partial charge on any atom is -0.375 e. The van der Waals surface area contributed by atoms with Gasteiger partial charge in [0.1, 0.15) is 12.4 Å². The van der Waals surface area contributed by atoms with Gasteiger partial charge in [-0.05, 0) is 40.0 Å². The molecular formula is C22H35N7O2. The van der Waals surface area contributed by atoms with E-state index in [0.717, 1.165) is 82.3 Å². The van der Waals surface area contributed by atoms with Gasteiger partial charge in [-0.25, -0.2) is 0 Å². The van der Waals surface area contributed by atoms with Crippen LogP contribution in [0.4, 0.5) is 0 Å². The average Bonchev–Trinajstić information content (AvgIpc) is 3.22. The third kappa shape index (κ3) is 4.39. The lowest BCUT2D eigenvalue weighted by Crippen LogP contribution is -2.41. The van der Waals surface area contributed by atoms with Crippen molar-refractivity contribution in [2.24, 2.45) is 0 Å². The second-order valence-electron chi connectivity index (χ2n) is 8.65. The van der Waals surface area contributed by atoms with E-state index >= 15 is 0 Å². The van der Waals surface area contributed by atoms with Crippen LogP contribution in [0.15, 0.2) is 0 Å². The third-order valence-electron chi connectivity index (χ3n) is 6.75. The lowest BCUT2D eigenvalue weighted by molar-refractivity contribution is -0.139. The number of piperidine rings is 1. The maximum atomic E-state index is 12.6. The van der Waals surface area contributed by atoms with Crippen LogP contribution >= 0.6 is 0 Å². The zero-order valence-electron chi connectivity index (χ0n) is 19.3. The number of amides is 1. The molecule has 0 bridgehead atoms. The number of fused-ring (bicyclic) bond motifs is 1. The Morgan fingerprint density at radius 2 is 1.97 bits per heavy atom. The lowest BCUT2D eigenvalue weighted by Gasteiger charge is -2.35. The van der Waals surface area contributed by atoms with E-state index in [2.05, 4.69) is 50.2 Å². The van der Waals surface area contributed by atoms with E-state index in [1.54, 1.807) is 7.11 Å². The van der Waals surface area contributed by atoms with Crippen LogP contribution in [-0.4, -0.2) is 73.6 Å². The second-order valence-corrected chi connectivity index (χ2v) is 8.65. The third-order valence-corrected chi connectivity index (χ3v) is 6.75. The highest BCUT2D eigenvalue weighted by atomic mass is 16.5. The normalized spacial score (nSPS) is 20.0. The fourth-order valence-electron chi connectivity index (χ4n) is 4.99. The zero-order chi connectivity index (χ0) is 22.0. The number of aryl methyl sites for hydroxylation is 2. The van der Waals surface area contributed by atoms with Gasteiger partial charge in [0.2, 0.25) is 5.91 Å². The minimum absolute atomic E-state index is 0.00326. The van der Waals surface area contributed by atoms with Crippen molar-refractivity contribution in [1.82, 2.24) is 34.3 Å². The first-order chi connectivity index (χ1) is 15.0. The Morgan fingerprint density at radius 3 is 2.71 bits per heavy atom. The highest BCUT2D eigenvalue weighted by Crippen LogP contribution is 2.31. The van der Waals surface area contributed by atoms with Crippen LogP contribution in [-0.2, 0) is 35.6 Å². The van der Waals surface area contributed by atoms with Crippen molar-refractivity contribution in [2.45, 2.75) is 72.1 Å². The lowest BCUT2D eigenvalue weighted by atomic mass is 10.0. The molecule has 0 saturated carbocycles. The van der Waals surface area contributed by atoms with Crippen molar-refractivity contribution in [3.8, 4) is 0 Å². The molecule has 1 amide bonds. The molecule has 1 saturated heterocycles. The van der Waals surface area contributed by atoms with Crippen LogP contribution in [0.2, 0.25) is 0 Å². The summed E-state index contributed by atoms with van der Waals surface area (Å²) in [7, 11) is 1.57. The summed E-state index contributed by atoms with van der Waals surface area (Å²) in [5, 5.41) is 13.8. The minimum atomic E-state index is -0.00326. The van der Waals surface area contributed by atoms with Gasteiger partial charge in [0, 0.05) is 64.1 Å². The largest absolute Gasteiger partial charge is 0.375 e. The molecule has 1 fully saturated rings. The highest BCUT2D eigenvalue weighted by molar-refractivity contribution is 5.78. The maximum absolute atomic E-state index is 12.6. The van der Waals surface area contributed by atoms with E-state index in [1.807, 2.05) is 4.90 Å². The molecule has 0 N–H and O–H groups in total. The number of carbonyl (C=O) groups excluding carboxylic acids is 1. The number of rotatable bonds is 6. The molecular weight excluding hydrogens is 394 g/mol. The Morgan fingerprint density at radius 1 is 1.13 bits per heavy atom. The summed E-state index contributed by atoms with van der Waals surface area (Å²) >= 11 is 0. The molecule has 2 aromatic heterocycles. The SMILES string of the molecule is CCn1nc(C)c(CN2CCc3nnc(C4CCCCN4C(=O)COC)n3CC2)c1C. The summed E-state index contributed by atoms with van der Waals surface area (Å²) in [5.74, 6) is 2.01. The van der Waals surface area contributed by atoms with Crippen LogP contribution in [0.3, 0.4) is 0 Å². The number of hydrogen-bond acceptors (Lipinski definition) is 6. The van der Waals surface area contributed by atoms with E-state index in [4.69, 9.17) is 4.74 Å². The Bertz CT molecular complexity index is 919. The van der Waals surface area contributed by atoms with Gasteiger partial charge in [-0.3, -0.25) is 14.4 Å². The van der Waals surface area contributed by atoms with Gasteiger partial charge >= 0.3 is 0 Å². The predicted molar refractivity (Wildman–Crippen MR) is 117 cm³/mol. The summed E-state index contributed by atoms with van der Waals surface area (Å²) in [6, 6.07) is -0.00326. The van der Waals surface area contributed by atoms with E-state index in [9.17, 15) is 4.79 Å². The molecule has 0 radical (unpaired) electrons. The zero-order valence-corrected chi connectivity index (χ0v) is 19.3. The molecule has 1 atom stereocenters. The molecule has 31 heavy (non-hydrogen) atoms. The molecule has 4 rings (SSSR count). The predicted octanol–water partition coefficient (Wildman–Crippen LogP) is 1.87. The van der Waals surface area contributed by atoms with Crippen molar-refractivity contribution in [3.05, 3.63) is 28.6 Å². The summed E-state index contributed by atoms with van der Waals surface area (Å²) in [6.45, 7) is 11.8. The smallest absolute Gasteiger partial charge is 0.249 e. The molecule has 170 valence electrons. The summed E-state index contributed by atoms with van der Waals surface area (Å²) in [4.78, 5) is 17.0. The average molecular weight is 430 g/mol. The van der Waals surface area contributed by atoms with Crippen molar-refractivity contribution >= 4 is 5.91 Å². The number of methoxy groups -OCH3 is 1. The van der Waals surface area contributed by atoms with Crippen molar-refractivity contribution < 1.29 is 9.53 Å². The number of ether oxygens (including phenoxy) is 1. The van der Waals surface area contributed by atoms with Crippen LogP contribution in [0, 0.1) is 13.8 Å². The highest BCUT2D eigenvalue weighted by Gasteiger charge is 2.33. The Kier molecular flexibility index (Phi) is 6.71. The van der Waals surface area contributed by atoms with Crippen LogP contribution in [0.1, 0.15) is 60.8 Å². The van der Waals surface area contributed by atoms with E-state index in [-0.39, 0.29) is 18.6 Å². The molecule has 0 aliphatic carbocycles. The molecule has 1 unspecified atom stereocenters. The standard InChI is InChI=1S/C22H35N7O2/c1-5-29-17(3)18(16(2)25-29)14-26-11-9-20-23-24-22(28(20)13-12-26)19-8-6-7-10-27(19)21(30)15-31-4/h19H,5-15H2,1-4H3. The molecule has 2 aliphatic rings. The quantitative estimate of drug-likeness (QED) is 0.697. The molecule has 4 heterocycles. The van der Waals surface area contributed by atoms with Gasteiger partial charge in [-0.15, -0.1) is 10.2 Å². The fraction of sp³-hybridized carbons (Fsp3) is 0.727. The Balaban J connectivity index is 1.50. The van der Waals surface area contributed by atoms with E-state index in [1.165, 1.54) is 11.3 Å². The van der Waals surface area contributed by atoms with Crippen LogP contribution in [0.5, 0.6) is 0 Å². The Hall–Kier alpha value is -2.26. The first kappa shape index (κ1) is 22.0. The van der Waals surface area contributed by atoms with Crippen molar-refractivity contribution in [1.29, 1.82) is 0 Å². The molecule has 0 aromatic carbocycles. The monoisotopic (exact) mass is 429 g/mol. The summed E-state index contributed by atoms with van der Waals surface area (Å²) in [6.07, 6.45) is 3.94. The van der Waals surface area contributed by atoms with Gasteiger partial charge in [0.25, 0.3) is 0 Å². The first-order valence-electron chi connectivity index (χ1n) is 11.5. The van der Waals surface area contributed by atoms with Gasteiger partial charge in [0.05, 0.1) is 11.7 Å². The van der Waals surface area contributed by atoms with Gasteiger partial charge in [0.15, 0.2) is 5.82 Å². The van der Waals surface area contributed by atoms with Crippen molar-refractivity contribution in [3.63, 3.8) is 0 Å². The fourth-order valence-corrected chi connectivity index (χ4v) is 4.99. The van der Waals surface area contributed by atoms with E-state index in [0.29, 0.717) is 0 Å². The van der Waals surface area contributed by atoms with Gasteiger partial charge in [-0.1, -0.05) is 0 Å². The number of nitrogens with zero attached hydrogens (tertiary/aromatic N) is 7. The molecule has 2 aliphatic heterocycles. The topological polar surface area (TPSA) is 81.3 Å². The van der Waals surface area contributed by atoms with Crippen LogP contribution < -0.4 is 0 Å². The molecule has 9 nitrogen and oxygen atoms in total. The number of aromatic nitrogens is 5. The number of hydrogen-bond donors (Lipinski definition) is 0. The summed E-state index contributed by atoms with van der Waals surface area (Å²) in [5.41, 5.74) is 3.72. The summed E-state index contributed by atoms with van der Waals surface area (Å²) < 4.78 is 9.46. The maximum Gasteiger partial charge on any atom is 0.249 e. The van der Waals surface area contributed by atoms with Crippen molar-refractivity contribution in [2.75, 3.05) is 33.4 Å². The molecule has 2 aromatic rings. The second kappa shape index (κ2) is 9.48. The van der Waals surface area contributed by atoms with Gasteiger partial charge < -0.3 is 14.2 Å². The van der Waals surface area contributed by atoms with E-state index < -0.39 is 0 Å². The van der Waals surface area contributed by atoms with Gasteiger partial charge in [-0.2, -0.15) is 5.10 Å².